The maximum absolute atomic E-state index is 3.66. The van der Waals surface area contributed by atoms with Crippen LogP contribution in [0.2, 0.25) is 0 Å². The molecule has 0 amide bonds. The molecule has 1 aliphatic heterocycles. The second-order valence-corrected chi connectivity index (χ2v) is 3.83. The summed E-state index contributed by atoms with van der Waals surface area (Å²) in [6.45, 7) is 5.80. The summed E-state index contributed by atoms with van der Waals surface area (Å²) in [4.78, 5) is 0. The van der Waals surface area contributed by atoms with Crippen molar-refractivity contribution in [2.45, 2.75) is 6.42 Å². The van der Waals surface area contributed by atoms with Gasteiger partial charge in [-0.2, -0.15) is 11.8 Å². The second-order valence-electron chi connectivity index (χ2n) is 2.68. The molecule has 1 N–H and O–H groups in total. The molecule has 0 saturated carbocycles. The summed E-state index contributed by atoms with van der Waals surface area (Å²) >= 11 is 2.07. The van der Waals surface area contributed by atoms with Crippen molar-refractivity contribution in [3.05, 3.63) is 12.7 Å². The first-order valence-corrected chi connectivity index (χ1v) is 4.98. The Bertz CT molecular complexity index is 97.4. The van der Waals surface area contributed by atoms with Crippen LogP contribution >= 0.6 is 11.8 Å². The van der Waals surface area contributed by atoms with E-state index in [2.05, 4.69) is 23.7 Å². The average molecular weight is 157 g/mol. The lowest BCUT2D eigenvalue weighted by molar-refractivity contribution is 0.543. The molecule has 1 fully saturated rings. The third-order valence-electron chi connectivity index (χ3n) is 1.75. The van der Waals surface area contributed by atoms with Crippen LogP contribution in [0.4, 0.5) is 0 Å². The number of rotatable bonds is 4. The number of hydrogen-bond donors (Lipinski definition) is 1. The monoisotopic (exact) mass is 157 g/mol. The zero-order chi connectivity index (χ0) is 7.23. The molecular weight excluding hydrogens is 142 g/mol. The molecule has 2 heteroatoms. The van der Waals surface area contributed by atoms with E-state index in [1.807, 2.05) is 6.08 Å². The fraction of sp³-hybridized carbons (Fsp3) is 0.750. The molecule has 1 saturated heterocycles. The highest BCUT2D eigenvalue weighted by Gasteiger charge is 2.13. The molecule has 1 aliphatic rings. The van der Waals surface area contributed by atoms with Gasteiger partial charge in [-0.1, -0.05) is 6.08 Å². The first-order chi connectivity index (χ1) is 4.93. The van der Waals surface area contributed by atoms with Gasteiger partial charge in [0.15, 0.2) is 0 Å². The molecule has 1 heterocycles. The molecule has 1 unspecified atom stereocenters. The third kappa shape index (κ3) is 2.76. The SMILES string of the molecule is C=CCNCC1CCSC1. The standard InChI is InChI=1S/C8H15NS/c1-2-4-9-6-8-3-5-10-7-8/h2,8-9H,1,3-7H2. The maximum atomic E-state index is 3.66. The van der Waals surface area contributed by atoms with Gasteiger partial charge in [-0.15, -0.1) is 6.58 Å². The van der Waals surface area contributed by atoms with E-state index in [0.717, 1.165) is 12.5 Å². The highest BCUT2D eigenvalue weighted by atomic mass is 32.2. The summed E-state index contributed by atoms with van der Waals surface area (Å²) in [5, 5.41) is 3.35. The molecular formula is C8H15NS. The predicted molar refractivity (Wildman–Crippen MR) is 48.5 cm³/mol. The molecule has 1 nitrogen and oxygen atoms in total. The molecule has 58 valence electrons. The quantitative estimate of drug-likeness (QED) is 0.490. The van der Waals surface area contributed by atoms with Crippen LogP contribution in [0.15, 0.2) is 12.7 Å². The molecule has 0 radical (unpaired) electrons. The van der Waals surface area contributed by atoms with Crippen molar-refractivity contribution in [2.75, 3.05) is 24.6 Å². The van der Waals surface area contributed by atoms with Gasteiger partial charge < -0.3 is 5.32 Å². The highest BCUT2D eigenvalue weighted by Crippen LogP contribution is 2.22. The van der Waals surface area contributed by atoms with Gasteiger partial charge in [0.2, 0.25) is 0 Å². The van der Waals surface area contributed by atoms with E-state index >= 15 is 0 Å². The Balaban J connectivity index is 1.96. The number of nitrogens with one attached hydrogen (secondary N) is 1. The fourth-order valence-electron chi connectivity index (χ4n) is 1.13. The Morgan fingerprint density at radius 3 is 3.20 bits per heavy atom. The summed E-state index contributed by atoms with van der Waals surface area (Å²) in [6, 6.07) is 0. The zero-order valence-electron chi connectivity index (χ0n) is 6.31. The van der Waals surface area contributed by atoms with Gasteiger partial charge in [0.05, 0.1) is 0 Å². The van der Waals surface area contributed by atoms with Crippen LogP contribution in [-0.4, -0.2) is 24.6 Å². The van der Waals surface area contributed by atoms with Gasteiger partial charge in [0.25, 0.3) is 0 Å². The van der Waals surface area contributed by atoms with Gasteiger partial charge in [-0.25, -0.2) is 0 Å². The third-order valence-corrected chi connectivity index (χ3v) is 2.98. The lowest BCUT2D eigenvalue weighted by atomic mass is 10.1. The van der Waals surface area contributed by atoms with E-state index in [-0.39, 0.29) is 0 Å². The van der Waals surface area contributed by atoms with Crippen molar-refractivity contribution in [1.29, 1.82) is 0 Å². The van der Waals surface area contributed by atoms with Gasteiger partial charge >= 0.3 is 0 Å². The number of hydrogen-bond acceptors (Lipinski definition) is 2. The lowest BCUT2D eigenvalue weighted by Gasteiger charge is -2.06. The van der Waals surface area contributed by atoms with Gasteiger partial charge in [-0.05, 0) is 30.4 Å². The normalized spacial score (nSPS) is 25.0. The Morgan fingerprint density at radius 1 is 1.70 bits per heavy atom. The molecule has 1 atom stereocenters. The summed E-state index contributed by atoms with van der Waals surface area (Å²) < 4.78 is 0. The molecule has 10 heavy (non-hydrogen) atoms. The first-order valence-electron chi connectivity index (χ1n) is 3.83. The van der Waals surface area contributed by atoms with Crippen LogP contribution in [0.3, 0.4) is 0 Å². The van der Waals surface area contributed by atoms with Crippen molar-refractivity contribution in [3.63, 3.8) is 0 Å². The van der Waals surface area contributed by atoms with Crippen LogP contribution in [0.25, 0.3) is 0 Å². The number of thioether (sulfide) groups is 1. The van der Waals surface area contributed by atoms with Crippen molar-refractivity contribution < 1.29 is 0 Å². The Kier molecular flexibility index (Phi) is 3.91. The van der Waals surface area contributed by atoms with Crippen molar-refractivity contribution in [3.8, 4) is 0 Å². The highest BCUT2D eigenvalue weighted by molar-refractivity contribution is 7.99. The zero-order valence-corrected chi connectivity index (χ0v) is 7.12. The summed E-state index contributed by atoms with van der Waals surface area (Å²) in [7, 11) is 0. The Morgan fingerprint density at radius 2 is 2.60 bits per heavy atom. The van der Waals surface area contributed by atoms with Crippen LogP contribution < -0.4 is 5.32 Å². The Hall–Kier alpha value is 0.0500. The topological polar surface area (TPSA) is 12.0 Å². The molecule has 0 aromatic carbocycles. The van der Waals surface area contributed by atoms with Crippen LogP contribution in [0, 0.1) is 5.92 Å². The smallest absolute Gasteiger partial charge is 0.0132 e. The van der Waals surface area contributed by atoms with Crippen molar-refractivity contribution in [2.24, 2.45) is 5.92 Å². The predicted octanol–water partition coefficient (Wildman–Crippen LogP) is 1.52. The molecule has 0 bridgehead atoms. The fourth-order valence-corrected chi connectivity index (χ4v) is 2.42. The van der Waals surface area contributed by atoms with E-state index in [9.17, 15) is 0 Å². The van der Waals surface area contributed by atoms with Crippen LogP contribution in [-0.2, 0) is 0 Å². The van der Waals surface area contributed by atoms with E-state index in [4.69, 9.17) is 0 Å². The van der Waals surface area contributed by atoms with E-state index in [1.165, 1.54) is 24.5 Å². The first kappa shape index (κ1) is 8.15. The van der Waals surface area contributed by atoms with Crippen molar-refractivity contribution >= 4 is 11.8 Å². The summed E-state index contributed by atoms with van der Waals surface area (Å²) in [5.41, 5.74) is 0. The Labute approximate surface area is 67.3 Å². The molecule has 0 aromatic heterocycles. The minimum absolute atomic E-state index is 0.921. The summed E-state index contributed by atoms with van der Waals surface area (Å²) in [5.74, 6) is 3.63. The maximum Gasteiger partial charge on any atom is 0.0132 e. The molecule has 0 spiro atoms. The minimum Gasteiger partial charge on any atom is -0.313 e. The van der Waals surface area contributed by atoms with Crippen LogP contribution in [0.5, 0.6) is 0 Å². The summed E-state index contributed by atoms with van der Waals surface area (Å²) in [6.07, 6.45) is 3.32. The van der Waals surface area contributed by atoms with Gasteiger partial charge in [0, 0.05) is 6.54 Å². The minimum atomic E-state index is 0.921. The second kappa shape index (κ2) is 4.80. The lowest BCUT2D eigenvalue weighted by Crippen LogP contribution is -2.22. The average Bonchev–Trinajstić information content (AvgIpc) is 2.41. The van der Waals surface area contributed by atoms with Gasteiger partial charge in [-0.3, -0.25) is 0 Å². The largest absolute Gasteiger partial charge is 0.313 e. The van der Waals surface area contributed by atoms with E-state index in [1.54, 1.807) is 0 Å². The van der Waals surface area contributed by atoms with Crippen molar-refractivity contribution in [1.82, 2.24) is 5.32 Å². The van der Waals surface area contributed by atoms with E-state index < -0.39 is 0 Å². The van der Waals surface area contributed by atoms with E-state index in [0.29, 0.717) is 0 Å². The van der Waals surface area contributed by atoms with Gasteiger partial charge in [0.1, 0.15) is 0 Å². The molecule has 0 aliphatic carbocycles. The molecule has 0 aromatic rings. The van der Waals surface area contributed by atoms with Crippen LogP contribution in [0.1, 0.15) is 6.42 Å². The molecule has 1 rings (SSSR count).